The van der Waals surface area contributed by atoms with E-state index in [9.17, 15) is 10.1 Å². The second-order valence-electron chi connectivity index (χ2n) is 4.13. The monoisotopic (exact) mass is 302 g/mol. The Morgan fingerprint density at radius 2 is 2.09 bits per heavy atom. The van der Waals surface area contributed by atoms with Crippen LogP contribution in [0.5, 0.6) is 11.5 Å². The first-order valence-electron chi connectivity index (χ1n) is 6.44. The number of hydrogen-bond acceptors (Lipinski definition) is 6. The molecule has 0 radical (unpaired) electrons. The van der Waals surface area contributed by atoms with E-state index in [1.165, 1.54) is 20.3 Å². The van der Waals surface area contributed by atoms with E-state index < -0.39 is 6.09 Å². The Bertz CT molecular complexity index is 817. The van der Waals surface area contributed by atoms with Gasteiger partial charge in [0.1, 0.15) is 28.7 Å². The van der Waals surface area contributed by atoms with E-state index in [1.807, 2.05) is 6.07 Å². The first-order valence-corrected chi connectivity index (χ1v) is 6.44. The van der Waals surface area contributed by atoms with Crippen molar-refractivity contribution in [2.45, 2.75) is 6.92 Å². The van der Waals surface area contributed by atoms with Gasteiger partial charge in [0, 0.05) is 12.1 Å². The highest BCUT2D eigenvalue weighted by Gasteiger charge is 2.11. The lowest BCUT2D eigenvalue weighted by Crippen LogP contribution is -2.12. The van der Waals surface area contributed by atoms with Crippen LogP contribution in [-0.4, -0.2) is 26.9 Å². The van der Waals surface area contributed by atoms with Crippen molar-refractivity contribution in [1.29, 1.82) is 5.26 Å². The Hall–Kier alpha value is -3.01. The summed E-state index contributed by atoms with van der Waals surface area (Å²) in [6.45, 7) is 1.84. The van der Waals surface area contributed by atoms with Gasteiger partial charge >= 0.3 is 6.09 Å². The molecular weight excluding hydrogens is 288 g/mol. The number of nitriles is 1. The Balaban J connectivity index is 2.74. The summed E-state index contributed by atoms with van der Waals surface area (Å²) in [6.07, 6.45) is -0.822. The molecular formula is C15H14N2O5. The number of amides is 1. The van der Waals surface area contributed by atoms with Crippen molar-refractivity contribution < 1.29 is 23.4 Å². The molecule has 7 heteroatoms. The van der Waals surface area contributed by atoms with Crippen LogP contribution in [0.15, 0.2) is 27.6 Å². The molecule has 0 unspecified atom stereocenters. The fourth-order valence-electron chi connectivity index (χ4n) is 1.86. The highest BCUT2D eigenvalue weighted by Crippen LogP contribution is 2.30. The molecule has 0 saturated heterocycles. The van der Waals surface area contributed by atoms with E-state index in [4.69, 9.17) is 18.6 Å². The summed E-state index contributed by atoms with van der Waals surface area (Å²) in [6, 6.07) is 6.75. The Morgan fingerprint density at radius 1 is 1.32 bits per heavy atom. The topological polar surface area (TPSA) is 94.1 Å². The van der Waals surface area contributed by atoms with Gasteiger partial charge in [0.2, 0.25) is 5.55 Å². The second kappa shape index (κ2) is 6.63. The summed E-state index contributed by atoms with van der Waals surface area (Å²) in [5, 5.41) is 9.77. The summed E-state index contributed by atoms with van der Waals surface area (Å²) in [5.74, 6) is 0.997. The molecule has 0 bridgehead atoms. The van der Waals surface area contributed by atoms with Gasteiger partial charge in [0.25, 0.3) is 0 Å². The van der Waals surface area contributed by atoms with Crippen LogP contribution in [0, 0.1) is 11.3 Å². The molecule has 1 aromatic heterocycles. The van der Waals surface area contributed by atoms with Crippen LogP contribution in [0.2, 0.25) is 0 Å². The first-order chi connectivity index (χ1) is 10.6. The lowest BCUT2D eigenvalue weighted by atomic mass is 10.1. The van der Waals surface area contributed by atoms with Crippen LogP contribution < -0.4 is 15.0 Å². The van der Waals surface area contributed by atoms with E-state index in [0.29, 0.717) is 22.5 Å². The van der Waals surface area contributed by atoms with Gasteiger partial charge in [-0.05, 0) is 13.0 Å². The molecule has 0 aliphatic carbocycles. The molecule has 1 heterocycles. The van der Waals surface area contributed by atoms with E-state index in [0.717, 1.165) is 0 Å². The highest BCUT2D eigenvalue weighted by molar-refractivity contribution is 5.86. The van der Waals surface area contributed by atoms with E-state index in [2.05, 4.69) is 4.99 Å². The van der Waals surface area contributed by atoms with Gasteiger partial charge in [-0.15, -0.1) is 4.99 Å². The van der Waals surface area contributed by atoms with Crippen molar-refractivity contribution in [2.75, 3.05) is 20.8 Å². The number of rotatable bonds is 3. The molecule has 0 saturated carbocycles. The van der Waals surface area contributed by atoms with Gasteiger partial charge < -0.3 is 18.6 Å². The third-order valence-corrected chi connectivity index (χ3v) is 2.84. The fraction of sp³-hybridized carbons (Fsp3) is 0.267. The molecule has 0 aliphatic rings. The summed E-state index contributed by atoms with van der Waals surface area (Å²) in [7, 11) is 3.01. The van der Waals surface area contributed by atoms with Gasteiger partial charge in [-0.3, -0.25) is 0 Å². The van der Waals surface area contributed by atoms with Crippen molar-refractivity contribution in [2.24, 2.45) is 4.99 Å². The van der Waals surface area contributed by atoms with Crippen molar-refractivity contribution in [3.63, 3.8) is 0 Å². The van der Waals surface area contributed by atoms with E-state index >= 15 is 0 Å². The smallest absolute Gasteiger partial charge is 0.436 e. The van der Waals surface area contributed by atoms with Gasteiger partial charge in [-0.25, -0.2) is 4.79 Å². The minimum atomic E-state index is -0.822. The van der Waals surface area contributed by atoms with Crippen LogP contribution in [0.3, 0.4) is 0 Å². The average molecular weight is 302 g/mol. The predicted molar refractivity (Wildman–Crippen MR) is 76.6 cm³/mol. The first kappa shape index (κ1) is 15.4. The van der Waals surface area contributed by atoms with Gasteiger partial charge in [0.05, 0.1) is 26.2 Å². The normalized spacial score (nSPS) is 11.1. The number of carbonyl (C=O) groups is 1. The quantitative estimate of drug-likeness (QED) is 0.864. The molecule has 2 rings (SSSR count). The lowest BCUT2D eigenvalue weighted by molar-refractivity contribution is 0.161. The van der Waals surface area contributed by atoms with Crippen molar-refractivity contribution in [1.82, 2.24) is 0 Å². The predicted octanol–water partition coefficient (Wildman–Crippen LogP) is 2.38. The summed E-state index contributed by atoms with van der Waals surface area (Å²) < 4.78 is 20.7. The maximum Gasteiger partial charge on any atom is 0.436 e. The minimum absolute atomic E-state index is 0.101. The second-order valence-corrected chi connectivity index (χ2v) is 4.13. The van der Waals surface area contributed by atoms with Gasteiger partial charge in [0.15, 0.2) is 0 Å². The number of benzene rings is 1. The lowest BCUT2D eigenvalue weighted by Gasteiger charge is -2.08. The van der Waals surface area contributed by atoms with Crippen LogP contribution in [0.1, 0.15) is 12.5 Å². The number of carbonyl (C=O) groups excluding carboxylic acids is 1. The molecule has 0 fully saturated rings. The Labute approximate surface area is 126 Å². The minimum Gasteiger partial charge on any atom is -0.496 e. The number of methoxy groups -OCH3 is 2. The maximum absolute atomic E-state index is 11.5. The molecule has 0 aliphatic heterocycles. The van der Waals surface area contributed by atoms with Gasteiger partial charge in [-0.1, -0.05) is 0 Å². The summed E-state index contributed by atoms with van der Waals surface area (Å²) in [5.41, 5.74) is 0.353. The number of hydrogen-bond donors (Lipinski definition) is 0. The number of ether oxygens (including phenoxy) is 3. The third kappa shape index (κ3) is 3.01. The van der Waals surface area contributed by atoms with E-state index in [1.54, 1.807) is 19.1 Å². The summed E-state index contributed by atoms with van der Waals surface area (Å²) >= 11 is 0. The van der Waals surface area contributed by atoms with Crippen molar-refractivity contribution in [3.8, 4) is 17.6 Å². The van der Waals surface area contributed by atoms with Crippen LogP contribution >= 0.6 is 0 Å². The van der Waals surface area contributed by atoms with E-state index in [-0.39, 0.29) is 17.7 Å². The Kier molecular flexibility index (Phi) is 4.63. The van der Waals surface area contributed by atoms with Crippen LogP contribution in [-0.2, 0) is 4.74 Å². The molecule has 0 N–H and O–H groups in total. The molecule has 114 valence electrons. The van der Waals surface area contributed by atoms with Crippen LogP contribution in [0.25, 0.3) is 11.0 Å². The largest absolute Gasteiger partial charge is 0.496 e. The molecule has 1 amide bonds. The molecule has 1 aromatic carbocycles. The standard InChI is InChI=1S/C15H14N2O5/c1-4-21-15(18)17-14-9(8-16)5-11-12(20-3)6-10(19-2)7-13(11)22-14/h5-7H,4H2,1-3H3/b17-14+. The zero-order valence-electron chi connectivity index (χ0n) is 12.4. The molecule has 2 aromatic rings. The van der Waals surface area contributed by atoms with Crippen molar-refractivity contribution >= 4 is 17.1 Å². The molecule has 22 heavy (non-hydrogen) atoms. The maximum atomic E-state index is 11.5. The Morgan fingerprint density at radius 3 is 2.68 bits per heavy atom. The average Bonchev–Trinajstić information content (AvgIpc) is 2.53. The number of nitrogens with zero attached hydrogens (tertiary/aromatic N) is 2. The fourth-order valence-corrected chi connectivity index (χ4v) is 1.86. The molecule has 0 atom stereocenters. The molecule has 0 spiro atoms. The number of fused-ring (bicyclic) bond motifs is 1. The zero-order valence-corrected chi connectivity index (χ0v) is 12.4. The highest BCUT2D eigenvalue weighted by atomic mass is 16.5. The SMILES string of the molecule is CCOC(=O)/N=c1/oc2cc(OC)cc(OC)c2cc1C#N. The third-order valence-electron chi connectivity index (χ3n) is 2.84. The van der Waals surface area contributed by atoms with Crippen molar-refractivity contribution in [3.05, 3.63) is 29.3 Å². The van der Waals surface area contributed by atoms with Crippen LogP contribution in [0.4, 0.5) is 4.79 Å². The van der Waals surface area contributed by atoms with Gasteiger partial charge in [-0.2, -0.15) is 5.26 Å². The molecule has 7 nitrogen and oxygen atoms in total. The summed E-state index contributed by atoms with van der Waals surface area (Å²) in [4.78, 5) is 15.1. The zero-order chi connectivity index (χ0) is 16.1.